The van der Waals surface area contributed by atoms with Gasteiger partial charge in [0.25, 0.3) is 0 Å². The molecule has 1 saturated heterocycles. The molecule has 3 aromatic rings. The van der Waals surface area contributed by atoms with Gasteiger partial charge >= 0.3 is 6.18 Å². The Bertz CT molecular complexity index is 1030. The molecule has 4 heterocycles. The highest BCUT2D eigenvalue weighted by atomic mass is 19.4. The van der Waals surface area contributed by atoms with Crippen molar-refractivity contribution in [1.82, 2.24) is 29.5 Å². The summed E-state index contributed by atoms with van der Waals surface area (Å²) in [7, 11) is 0. The van der Waals surface area contributed by atoms with Gasteiger partial charge in [0, 0.05) is 42.7 Å². The van der Waals surface area contributed by atoms with Crippen LogP contribution in [-0.2, 0) is 19.1 Å². The Labute approximate surface area is 173 Å². The Balaban J connectivity index is 1.67. The smallest absolute Gasteiger partial charge is 0.290 e. The van der Waals surface area contributed by atoms with Gasteiger partial charge in [0.1, 0.15) is 11.5 Å². The van der Waals surface area contributed by atoms with Crippen molar-refractivity contribution in [2.45, 2.75) is 64.7 Å². The number of alkyl halides is 3. The zero-order valence-electron chi connectivity index (χ0n) is 17.3. The Morgan fingerprint density at radius 2 is 1.90 bits per heavy atom. The number of aromatic nitrogens is 5. The van der Waals surface area contributed by atoms with E-state index in [1.165, 1.54) is 0 Å². The maximum absolute atomic E-state index is 13.7. The van der Waals surface area contributed by atoms with Gasteiger partial charge in [-0.25, -0.2) is 19.5 Å². The molecule has 0 radical (unpaired) electrons. The molecule has 1 aliphatic rings. The summed E-state index contributed by atoms with van der Waals surface area (Å²) in [6.07, 6.45) is 1.73. The Kier molecular flexibility index (Phi) is 5.48. The van der Waals surface area contributed by atoms with E-state index in [2.05, 4.69) is 25.0 Å². The molecule has 0 amide bonds. The molecule has 6 nitrogen and oxygen atoms in total. The van der Waals surface area contributed by atoms with Gasteiger partial charge in [0.05, 0.1) is 11.7 Å². The average molecular weight is 418 g/mol. The predicted octanol–water partition coefficient (Wildman–Crippen LogP) is 4.56. The third-order valence-corrected chi connectivity index (χ3v) is 5.51. The van der Waals surface area contributed by atoms with Crippen molar-refractivity contribution in [3.8, 4) is 0 Å². The summed E-state index contributed by atoms with van der Waals surface area (Å²) in [5.41, 5.74) is 1.48. The second kappa shape index (κ2) is 7.94. The molecule has 0 aromatic carbocycles. The molecule has 9 heteroatoms. The molecule has 4 rings (SSSR count). The maximum atomic E-state index is 13.7. The minimum atomic E-state index is -4.50. The van der Waals surface area contributed by atoms with Gasteiger partial charge in [0.2, 0.25) is 0 Å². The molecule has 3 aromatic heterocycles. The van der Waals surface area contributed by atoms with Gasteiger partial charge < -0.3 is 0 Å². The summed E-state index contributed by atoms with van der Waals surface area (Å²) < 4.78 is 41.9. The fourth-order valence-electron chi connectivity index (χ4n) is 3.90. The van der Waals surface area contributed by atoms with Crippen LogP contribution in [0.3, 0.4) is 0 Å². The van der Waals surface area contributed by atoms with Crippen LogP contribution in [0.4, 0.5) is 13.2 Å². The third-order valence-electron chi connectivity index (χ3n) is 5.51. The van der Waals surface area contributed by atoms with E-state index in [-0.39, 0.29) is 17.6 Å². The van der Waals surface area contributed by atoms with Crippen molar-refractivity contribution in [2.75, 3.05) is 6.54 Å². The van der Waals surface area contributed by atoms with Crippen molar-refractivity contribution < 1.29 is 13.2 Å². The van der Waals surface area contributed by atoms with Crippen LogP contribution in [0.25, 0.3) is 5.65 Å². The van der Waals surface area contributed by atoms with Crippen LogP contribution in [0, 0.1) is 0 Å². The number of aryl methyl sites for hydroxylation is 1. The Morgan fingerprint density at radius 1 is 1.17 bits per heavy atom. The number of hydrogen-bond acceptors (Lipinski definition) is 5. The van der Waals surface area contributed by atoms with E-state index in [1.54, 1.807) is 6.07 Å². The van der Waals surface area contributed by atoms with Gasteiger partial charge in [-0.1, -0.05) is 20.8 Å². The highest BCUT2D eigenvalue weighted by Gasteiger charge is 2.36. The molecule has 1 aliphatic heterocycles. The maximum Gasteiger partial charge on any atom is 0.433 e. The van der Waals surface area contributed by atoms with E-state index in [0.29, 0.717) is 17.9 Å². The molecule has 160 valence electrons. The van der Waals surface area contributed by atoms with E-state index >= 15 is 0 Å². The lowest BCUT2D eigenvalue weighted by molar-refractivity contribution is -0.142. The van der Waals surface area contributed by atoms with E-state index in [0.717, 1.165) is 47.8 Å². The quantitative estimate of drug-likeness (QED) is 0.608. The third kappa shape index (κ3) is 4.03. The summed E-state index contributed by atoms with van der Waals surface area (Å²) >= 11 is 0. The second-order valence-electron chi connectivity index (χ2n) is 8.05. The van der Waals surface area contributed by atoms with Crippen LogP contribution in [-0.4, -0.2) is 36.0 Å². The van der Waals surface area contributed by atoms with Crippen molar-refractivity contribution in [3.05, 3.63) is 53.0 Å². The summed E-state index contributed by atoms with van der Waals surface area (Å²) in [4.78, 5) is 15.3. The van der Waals surface area contributed by atoms with Crippen molar-refractivity contribution in [2.24, 2.45) is 0 Å². The van der Waals surface area contributed by atoms with E-state index < -0.39 is 11.9 Å². The van der Waals surface area contributed by atoms with Crippen LogP contribution < -0.4 is 0 Å². The topological polar surface area (TPSA) is 59.2 Å². The first-order valence-corrected chi connectivity index (χ1v) is 10.3. The summed E-state index contributed by atoms with van der Waals surface area (Å²) in [6.45, 7) is 7.16. The monoisotopic (exact) mass is 418 g/mol. The fraction of sp³-hybridized carbons (Fsp3) is 0.524. The van der Waals surface area contributed by atoms with Crippen molar-refractivity contribution >= 4 is 5.65 Å². The van der Waals surface area contributed by atoms with Gasteiger partial charge in [0.15, 0.2) is 5.65 Å². The van der Waals surface area contributed by atoms with Crippen LogP contribution in [0.5, 0.6) is 0 Å². The summed E-state index contributed by atoms with van der Waals surface area (Å²) in [6, 6.07) is 2.75. The van der Waals surface area contributed by atoms with Gasteiger partial charge in [-0.15, -0.1) is 0 Å². The average Bonchev–Trinajstić information content (AvgIpc) is 3.33. The van der Waals surface area contributed by atoms with E-state index in [9.17, 15) is 13.2 Å². The SMILES string of the molecule is CCc1ncc(CN2CCCC2c2cc3nc(C(C)C)cc(C(F)(F)F)n3n2)cn1. The van der Waals surface area contributed by atoms with Crippen LogP contribution in [0.2, 0.25) is 0 Å². The summed E-state index contributed by atoms with van der Waals surface area (Å²) in [5, 5.41) is 4.34. The first-order valence-electron chi connectivity index (χ1n) is 10.3. The molecule has 1 unspecified atom stereocenters. The zero-order valence-corrected chi connectivity index (χ0v) is 17.3. The lowest BCUT2D eigenvalue weighted by atomic mass is 10.1. The molecule has 0 bridgehead atoms. The molecular weight excluding hydrogens is 393 g/mol. The number of fused-ring (bicyclic) bond motifs is 1. The number of rotatable bonds is 5. The molecule has 0 aliphatic carbocycles. The highest BCUT2D eigenvalue weighted by molar-refractivity contribution is 5.44. The van der Waals surface area contributed by atoms with Crippen molar-refractivity contribution in [1.29, 1.82) is 0 Å². The van der Waals surface area contributed by atoms with Gasteiger partial charge in [-0.05, 0) is 31.4 Å². The molecule has 30 heavy (non-hydrogen) atoms. The fourth-order valence-corrected chi connectivity index (χ4v) is 3.90. The normalized spacial score (nSPS) is 18.0. The highest BCUT2D eigenvalue weighted by Crippen LogP contribution is 2.35. The lowest BCUT2D eigenvalue weighted by Crippen LogP contribution is -2.23. The largest absolute Gasteiger partial charge is 0.433 e. The molecular formula is C21H25F3N6. The van der Waals surface area contributed by atoms with Crippen molar-refractivity contribution in [3.63, 3.8) is 0 Å². The predicted molar refractivity (Wildman–Crippen MR) is 106 cm³/mol. The Hall–Kier alpha value is -2.55. The van der Waals surface area contributed by atoms with Crippen LogP contribution >= 0.6 is 0 Å². The van der Waals surface area contributed by atoms with Crippen LogP contribution in [0.15, 0.2) is 24.5 Å². The minimum absolute atomic E-state index is 0.0545. The number of hydrogen-bond donors (Lipinski definition) is 0. The first kappa shape index (κ1) is 20.7. The molecule has 0 spiro atoms. The van der Waals surface area contributed by atoms with Gasteiger partial charge in [-0.2, -0.15) is 18.3 Å². The Morgan fingerprint density at radius 3 is 2.53 bits per heavy atom. The number of nitrogens with zero attached hydrogens (tertiary/aromatic N) is 6. The number of halogens is 3. The standard InChI is InChI=1S/C21H25F3N6/c1-4-19-25-10-14(11-26-19)12-29-7-5-6-17(29)16-9-20-27-15(13(2)3)8-18(21(22,23)24)30(20)28-16/h8-11,13,17H,4-7,12H2,1-3H3. The van der Waals surface area contributed by atoms with Crippen LogP contribution in [0.1, 0.15) is 74.0 Å². The second-order valence-corrected chi connectivity index (χ2v) is 8.05. The molecule has 1 fully saturated rings. The molecule has 1 atom stereocenters. The zero-order chi connectivity index (χ0) is 21.5. The first-order chi connectivity index (χ1) is 14.3. The van der Waals surface area contributed by atoms with E-state index in [1.807, 2.05) is 33.2 Å². The summed E-state index contributed by atoms with van der Waals surface area (Å²) in [5.74, 6) is 0.687. The van der Waals surface area contributed by atoms with E-state index in [4.69, 9.17) is 0 Å². The van der Waals surface area contributed by atoms with Gasteiger partial charge in [-0.3, -0.25) is 4.90 Å². The number of likely N-dealkylation sites (tertiary alicyclic amines) is 1. The minimum Gasteiger partial charge on any atom is -0.290 e. The molecule has 0 N–H and O–H groups in total. The molecule has 0 saturated carbocycles. The lowest BCUT2D eigenvalue weighted by Gasteiger charge is -2.22.